The molecule has 0 heterocycles. The predicted molar refractivity (Wildman–Crippen MR) is 198 cm³/mol. The molecule has 0 unspecified atom stereocenters. The quantitative estimate of drug-likeness (QED) is 0.0429. The highest BCUT2D eigenvalue weighted by Gasteiger charge is 2.89. The molecule has 0 amide bonds. The van der Waals surface area contributed by atoms with E-state index in [4.69, 9.17) is 0 Å². The standard InChI is InChI=1S/C42H74F12/c1-3-5-7-9-11-13-15-17-19-21-23-25-27-29-31-33-35-37(43,44)39(47,48)41(51,52)42(53,54)40(49,50)38(45,46)36-34-32-30-28-26-24-22-20-18-16-14-12-10-8-6-4-2/h3-36H2,1-2H3. The fourth-order valence-corrected chi connectivity index (χ4v) is 6.96. The Labute approximate surface area is 320 Å². The summed E-state index contributed by atoms with van der Waals surface area (Å²) in [7, 11) is 0. The summed E-state index contributed by atoms with van der Waals surface area (Å²) in [5.74, 6) is -40.6. The molecule has 0 aromatic rings. The Hall–Kier alpha value is -0.840. The van der Waals surface area contributed by atoms with Crippen LogP contribution in [0.25, 0.3) is 0 Å². The SMILES string of the molecule is CCCCCCCCCCCCCCCCCCC(F)(F)C(F)(F)C(F)(F)C(F)(F)C(F)(F)C(F)(F)CCCCCCCCCCCCCCCCCC. The van der Waals surface area contributed by atoms with Crippen molar-refractivity contribution in [3.63, 3.8) is 0 Å². The van der Waals surface area contributed by atoms with E-state index in [-0.39, 0.29) is 12.8 Å². The van der Waals surface area contributed by atoms with E-state index in [1.165, 1.54) is 77.0 Å². The van der Waals surface area contributed by atoms with Crippen molar-refractivity contribution in [2.24, 2.45) is 0 Å². The predicted octanol–water partition coefficient (Wildman–Crippen LogP) is 18.1. The van der Waals surface area contributed by atoms with Gasteiger partial charge < -0.3 is 0 Å². The average Bonchev–Trinajstić information content (AvgIpc) is 3.10. The first-order valence-corrected chi connectivity index (χ1v) is 21.6. The molecule has 0 radical (unpaired) electrons. The lowest BCUT2D eigenvalue weighted by atomic mass is 9.88. The number of alkyl halides is 12. The lowest BCUT2D eigenvalue weighted by Gasteiger charge is -2.41. The van der Waals surface area contributed by atoms with Crippen molar-refractivity contribution < 1.29 is 52.7 Å². The minimum atomic E-state index is -7.46. The first-order valence-electron chi connectivity index (χ1n) is 21.6. The van der Waals surface area contributed by atoms with E-state index >= 15 is 0 Å². The first-order chi connectivity index (χ1) is 25.4. The van der Waals surface area contributed by atoms with E-state index in [1.807, 2.05) is 0 Å². The molecule has 0 atom stereocenters. The highest BCUT2D eigenvalue weighted by atomic mass is 19.4. The van der Waals surface area contributed by atoms with Crippen molar-refractivity contribution in [2.45, 2.75) is 268 Å². The van der Waals surface area contributed by atoms with Gasteiger partial charge in [0, 0.05) is 12.8 Å². The van der Waals surface area contributed by atoms with Crippen molar-refractivity contribution in [3.8, 4) is 0 Å². The average molecular weight is 807 g/mol. The topological polar surface area (TPSA) is 0 Å². The van der Waals surface area contributed by atoms with Crippen molar-refractivity contribution in [3.05, 3.63) is 0 Å². The van der Waals surface area contributed by atoms with E-state index in [9.17, 15) is 52.7 Å². The van der Waals surface area contributed by atoms with E-state index in [0.717, 1.165) is 77.0 Å². The van der Waals surface area contributed by atoms with Crippen LogP contribution in [-0.2, 0) is 0 Å². The molecule has 0 nitrogen and oxygen atoms in total. The van der Waals surface area contributed by atoms with E-state index in [2.05, 4.69) is 13.8 Å². The Morgan fingerprint density at radius 1 is 0.204 bits per heavy atom. The van der Waals surface area contributed by atoms with Gasteiger partial charge in [-0.3, -0.25) is 0 Å². The maximum absolute atomic E-state index is 14.4. The van der Waals surface area contributed by atoms with Crippen LogP contribution in [0, 0.1) is 0 Å². The molecule has 0 saturated heterocycles. The molecule has 0 spiro atoms. The lowest BCUT2D eigenvalue weighted by molar-refractivity contribution is -0.425. The summed E-state index contributed by atoms with van der Waals surface area (Å²) in [5.41, 5.74) is 0. The summed E-state index contributed by atoms with van der Waals surface area (Å²) in [4.78, 5) is 0. The summed E-state index contributed by atoms with van der Waals surface area (Å²) >= 11 is 0. The maximum Gasteiger partial charge on any atom is 0.384 e. The van der Waals surface area contributed by atoms with E-state index < -0.39 is 61.2 Å². The van der Waals surface area contributed by atoms with Gasteiger partial charge in [0.1, 0.15) is 0 Å². The van der Waals surface area contributed by atoms with Crippen LogP contribution >= 0.6 is 0 Å². The summed E-state index contributed by atoms with van der Waals surface area (Å²) in [6, 6.07) is 0. The zero-order valence-electron chi connectivity index (χ0n) is 33.6. The molecule has 0 rings (SSSR count). The van der Waals surface area contributed by atoms with Gasteiger partial charge in [-0.05, 0) is 12.8 Å². The molecule has 0 aliphatic carbocycles. The molecule has 0 aliphatic heterocycles. The molecular weight excluding hydrogens is 732 g/mol. The highest BCUT2D eigenvalue weighted by molar-refractivity contribution is 5.11. The third-order valence-corrected chi connectivity index (χ3v) is 10.8. The lowest BCUT2D eigenvalue weighted by Crippen LogP contribution is -2.70. The minimum absolute atomic E-state index is 0.0980. The summed E-state index contributed by atoms with van der Waals surface area (Å²) in [5, 5.41) is 0. The summed E-state index contributed by atoms with van der Waals surface area (Å²) in [6.45, 7) is 4.34. The second-order valence-electron chi connectivity index (χ2n) is 15.8. The van der Waals surface area contributed by atoms with Crippen LogP contribution in [-0.4, -0.2) is 35.5 Å². The van der Waals surface area contributed by atoms with Crippen LogP contribution in [0.1, 0.15) is 232 Å². The summed E-state index contributed by atoms with van der Waals surface area (Å²) in [6.07, 6.45) is 22.8. The second-order valence-corrected chi connectivity index (χ2v) is 15.8. The molecule has 54 heavy (non-hydrogen) atoms. The minimum Gasteiger partial charge on any atom is -0.200 e. The van der Waals surface area contributed by atoms with Crippen LogP contribution < -0.4 is 0 Å². The Morgan fingerprint density at radius 3 is 0.519 bits per heavy atom. The van der Waals surface area contributed by atoms with Gasteiger partial charge in [-0.15, -0.1) is 0 Å². The Balaban J connectivity index is 4.52. The molecule has 0 bridgehead atoms. The van der Waals surface area contributed by atoms with Crippen molar-refractivity contribution in [1.29, 1.82) is 0 Å². The smallest absolute Gasteiger partial charge is 0.200 e. The molecule has 0 N–H and O–H groups in total. The third kappa shape index (κ3) is 19.1. The molecule has 12 heteroatoms. The normalized spacial score (nSPS) is 13.7. The second kappa shape index (κ2) is 28.5. The zero-order valence-corrected chi connectivity index (χ0v) is 33.6. The number of rotatable bonds is 39. The number of hydrogen-bond donors (Lipinski definition) is 0. The number of hydrogen-bond acceptors (Lipinski definition) is 0. The molecular formula is C42H74F12. The van der Waals surface area contributed by atoms with E-state index in [1.54, 1.807) is 0 Å². The van der Waals surface area contributed by atoms with Crippen LogP contribution in [0.5, 0.6) is 0 Å². The van der Waals surface area contributed by atoms with Crippen LogP contribution in [0.4, 0.5) is 52.7 Å². The van der Waals surface area contributed by atoms with Gasteiger partial charge >= 0.3 is 35.5 Å². The van der Waals surface area contributed by atoms with Gasteiger partial charge in [0.05, 0.1) is 0 Å². The maximum atomic E-state index is 14.4. The fourth-order valence-electron chi connectivity index (χ4n) is 6.96. The molecule has 0 saturated carbocycles. The van der Waals surface area contributed by atoms with Crippen molar-refractivity contribution in [2.75, 3.05) is 0 Å². The monoisotopic (exact) mass is 807 g/mol. The van der Waals surface area contributed by atoms with Gasteiger partial charge in [0.15, 0.2) is 0 Å². The zero-order chi connectivity index (χ0) is 41.0. The molecule has 0 aromatic carbocycles. The molecule has 0 aromatic heterocycles. The van der Waals surface area contributed by atoms with Gasteiger partial charge in [0.2, 0.25) is 0 Å². The fraction of sp³-hybridized carbons (Fsp3) is 1.00. The highest BCUT2D eigenvalue weighted by Crippen LogP contribution is 2.61. The third-order valence-electron chi connectivity index (χ3n) is 10.8. The van der Waals surface area contributed by atoms with Gasteiger partial charge in [-0.2, -0.15) is 52.7 Å². The van der Waals surface area contributed by atoms with Crippen molar-refractivity contribution in [1.82, 2.24) is 0 Å². The molecule has 0 fully saturated rings. The van der Waals surface area contributed by atoms with Gasteiger partial charge in [-0.1, -0.05) is 206 Å². The Bertz CT molecular complexity index is 805. The van der Waals surface area contributed by atoms with Crippen LogP contribution in [0.15, 0.2) is 0 Å². The van der Waals surface area contributed by atoms with E-state index in [0.29, 0.717) is 25.7 Å². The molecule has 326 valence electrons. The Kier molecular flexibility index (Phi) is 28.1. The molecule has 0 aliphatic rings. The van der Waals surface area contributed by atoms with Crippen LogP contribution in [0.2, 0.25) is 0 Å². The largest absolute Gasteiger partial charge is 0.384 e. The van der Waals surface area contributed by atoms with Crippen molar-refractivity contribution >= 4 is 0 Å². The van der Waals surface area contributed by atoms with Crippen LogP contribution in [0.3, 0.4) is 0 Å². The number of unbranched alkanes of at least 4 members (excludes halogenated alkanes) is 30. The van der Waals surface area contributed by atoms with Gasteiger partial charge in [-0.25, -0.2) is 0 Å². The Morgan fingerprint density at radius 2 is 0.352 bits per heavy atom. The summed E-state index contributed by atoms with van der Waals surface area (Å²) < 4.78 is 172. The van der Waals surface area contributed by atoms with Gasteiger partial charge in [0.25, 0.3) is 0 Å². The first kappa shape index (κ1) is 53.2. The number of halogens is 12.